The number of halogens is 1. The summed E-state index contributed by atoms with van der Waals surface area (Å²) in [5.41, 5.74) is 0.777. The monoisotopic (exact) mass is 503 g/mol. The standard InChI is InChI=1S/C24H30FN5O2S2/c25-19-8-4-7-18(13-19)15-27-24(33)29-10-11-30(21(31)16-29)20(14-17-5-2-1-3-6-17)22(32)28-23-26-9-12-34-23/h4,7-9,12-13,17,20H,1-3,5-6,10-11,14-16H2,(H,27,33)(H,26,28,32)/t20-/m0/s1. The van der Waals surface area contributed by atoms with E-state index in [-0.39, 0.29) is 24.2 Å². The third-order valence-electron chi connectivity index (χ3n) is 6.50. The Balaban J connectivity index is 1.37. The van der Waals surface area contributed by atoms with Crippen LogP contribution < -0.4 is 10.6 Å². The van der Waals surface area contributed by atoms with Gasteiger partial charge in [0, 0.05) is 31.2 Å². The van der Waals surface area contributed by atoms with Gasteiger partial charge in [-0.25, -0.2) is 9.37 Å². The van der Waals surface area contributed by atoms with Crippen molar-refractivity contribution in [2.45, 2.75) is 51.1 Å². The van der Waals surface area contributed by atoms with E-state index in [1.54, 1.807) is 17.2 Å². The number of nitrogens with zero attached hydrogens (tertiary/aromatic N) is 3. The predicted molar refractivity (Wildman–Crippen MR) is 135 cm³/mol. The SMILES string of the molecule is O=C(Nc1nccs1)[C@H](CC1CCCCC1)N1CCN(C(=S)NCc2cccc(F)c2)CC1=O. The second-order valence-electron chi connectivity index (χ2n) is 8.88. The van der Waals surface area contributed by atoms with Crippen LogP contribution in [0.3, 0.4) is 0 Å². The molecule has 4 rings (SSSR count). The van der Waals surface area contributed by atoms with E-state index in [4.69, 9.17) is 12.2 Å². The summed E-state index contributed by atoms with van der Waals surface area (Å²) < 4.78 is 13.4. The molecule has 10 heteroatoms. The first-order valence-corrected chi connectivity index (χ1v) is 13.1. The minimum absolute atomic E-state index is 0.112. The molecule has 0 bridgehead atoms. The molecule has 1 saturated carbocycles. The number of nitrogens with one attached hydrogen (secondary N) is 2. The molecule has 2 fully saturated rings. The highest BCUT2D eigenvalue weighted by atomic mass is 32.1. The Morgan fingerprint density at radius 1 is 1.26 bits per heavy atom. The molecule has 0 spiro atoms. The minimum atomic E-state index is -0.518. The van der Waals surface area contributed by atoms with Crippen molar-refractivity contribution in [3.8, 4) is 0 Å². The van der Waals surface area contributed by atoms with Gasteiger partial charge in [0.25, 0.3) is 0 Å². The van der Waals surface area contributed by atoms with E-state index in [0.717, 1.165) is 18.4 Å². The van der Waals surface area contributed by atoms with Crippen LogP contribution in [0.4, 0.5) is 9.52 Å². The predicted octanol–water partition coefficient (Wildman–Crippen LogP) is 3.78. The van der Waals surface area contributed by atoms with E-state index in [0.29, 0.717) is 42.2 Å². The summed E-state index contributed by atoms with van der Waals surface area (Å²) in [5, 5.41) is 8.82. The Kier molecular flexibility index (Phi) is 8.44. The molecule has 2 aromatic rings. The second kappa shape index (κ2) is 11.7. The molecule has 0 radical (unpaired) electrons. The minimum Gasteiger partial charge on any atom is -0.358 e. The number of carbonyl (C=O) groups excluding carboxylic acids is 2. The molecule has 7 nitrogen and oxygen atoms in total. The zero-order valence-electron chi connectivity index (χ0n) is 19.0. The van der Waals surface area contributed by atoms with E-state index in [1.807, 2.05) is 16.3 Å². The van der Waals surface area contributed by atoms with Gasteiger partial charge in [-0.1, -0.05) is 44.2 Å². The summed E-state index contributed by atoms with van der Waals surface area (Å²) in [6.45, 7) is 1.45. The molecule has 2 aliphatic rings. The van der Waals surface area contributed by atoms with Crippen molar-refractivity contribution in [3.05, 3.63) is 47.2 Å². The number of thiocarbonyl (C=S) groups is 1. The lowest BCUT2D eigenvalue weighted by atomic mass is 9.84. The van der Waals surface area contributed by atoms with Crippen LogP contribution in [-0.2, 0) is 16.1 Å². The van der Waals surface area contributed by atoms with Crippen molar-refractivity contribution in [1.82, 2.24) is 20.1 Å². The molecule has 1 aromatic carbocycles. The Morgan fingerprint density at radius 3 is 2.79 bits per heavy atom. The first kappa shape index (κ1) is 24.5. The molecular formula is C24H30FN5O2S2. The van der Waals surface area contributed by atoms with Crippen LogP contribution in [0, 0.1) is 11.7 Å². The van der Waals surface area contributed by atoms with Crippen LogP contribution >= 0.6 is 23.6 Å². The van der Waals surface area contributed by atoms with Crippen LogP contribution in [0.15, 0.2) is 35.8 Å². The summed E-state index contributed by atoms with van der Waals surface area (Å²) in [6.07, 6.45) is 8.12. The number of anilines is 1. The van der Waals surface area contributed by atoms with Gasteiger partial charge in [0.2, 0.25) is 11.8 Å². The number of piperazine rings is 1. The number of aromatic nitrogens is 1. The summed E-state index contributed by atoms with van der Waals surface area (Å²) in [7, 11) is 0. The number of rotatable bonds is 7. The highest BCUT2D eigenvalue weighted by Gasteiger charge is 2.36. The lowest BCUT2D eigenvalue weighted by Gasteiger charge is -2.40. The highest BCUT2D eigenvalue weighted by molar-refractivity contribution is 7.80. The molecule has 2 heterocycles. The molecule has 1 aliphatic heterocycles. The number of thiazole rings is 1. The molecule has 34 heavy (non-hydrogen) atoms. The van der Waals surface area contributed by atoms with Crippen molar-refractivity contribution in [1.29, 1.82) is 0 Å². The van der Waals surface area contributed by atoms with Crippen molar-refractivity contribution in [2.24, 2.45) is 5.92 Å². The third-order valence-corrected chi connectivity index (χ3v) is 7.59. The Hall–Kier alpha value is -2.59. The molecular weight excluding hydrogens is 473 g/mol. The molecule has 0 unspecified atom stereocenters. The fourth-order valence-electron chi connectivity index (χ4n) is 4.71. The van der Waals surface area contributed by atoms with Gasteiger partial charge < -0.3 is 20.4 Å². The molecule has 1 atom stereocenters. The van der Waals surface area contributed by atoms with Gasteiger partial charge in [-0.3, -0.25) is 9.59 Å². The lowest BCUT2D eigenvalue weighted by molar-refractivity contribution is -0.142. The van der Waals surface area contributed by atoms with Gasteiger partial charge in [0.1, 0.15) is 11.9 Å². The number of amides is 2. The maximum absolute atomic E-state index is 13.4. The first-order chi connectivity index (χ1) is 16.5. The van der Waals surface area contributed by atoms with E-state index in [9.17, 15) is 14.0 Å². The first-order valence-electron chi connectivity index (χ1n) is 11.8. The highest BCUT2D eigenvalue weighted by Crippen LogP contribution is 2.30. The van der Waals surface area contributed by atoms with Gasteiger partial charge in [0.15, 0.2) is 10.2 Å². The molecule has 1 saturated heterocycles. The van der Waals surface area contributed by atoms with E-state index in [1.165, 1.54) is 42.7 Å². The van der Waals surface area contributed by atoms with Crippen molar-refractivity contribution >= 4 is 45.6 Å². The molecule has 1 aliphatic carbocycles. The molecule has 2 N–H and O–H groups in total. The largest absolute Gasteiger partial charge is 0.358 e. The normalized spacial score (nSPS) is 18.0. The number of hydrogen-bond donors (Lipinski definition) is 2. The van der Waals surface area contributed by atoms with Crippen LogP contribution in [-0.4, -0.2) is 57.4 Å². The fraction of sp³-hybridized carbons (Fsp3) is 0.500. The summed E-state index contributed by atoms with van der Waals surface area (Å²) in [4.78, 5) is 34.1. The maximum Gasteiger partial charge on any atom is 0.248 e. The van der Waals surface area contributed by atoms with Gasteiger partial charge in [-0.2, -0.15) is 0 Å². The van der Waals surface area contributed by atoms with E-state index >= 15 is 0 Å². The third kappa shape index (κ3) is 6.50. The average Bonchev–Trinajstić information content (AvgIpc) is 3.35. The number of carbonyl (C=O) groups is 2. The fourth-order valence-corrected chi connectivity index (χ4v) is 5.47. The molecule has 1 aromatic heterocycles. The van der Waals surface area contributed by atoms with Crippen molar-refractivity contribution < 1.29 is 14.0 Å². The second-order valence-corrected chi connectivity index (χ2v) is 10.2. The van der Waals surface area contributed by atoms with Gasteiger partial charge in [-0.05, 0) is 42.3 Å². The number of hydrogen-bond acceptors (Lipinski definition) is 5. The molecule has 2 amide bonds. The van der Waals surface area contributed by atoms with Crippen molar-refractivity contribution in [3.63, 3.8) is 0 Å². The topological polar surface area (TPSA) is 77.6 Å². The number of benzene rings is 1. The quantitative estimate of drug-likeness (QED) is 0.560. The average molecular weight is 504 g/mol. The van der Waals surface area contributed by atoms with Gasteiger partial charge in [0.05, 0.1) is 6.54 Å². The van der Waals surface area contributed by atoms with E-state index < -0.39 is 6.04 Å². The summed E-state index contributed by atoms with van der Waals surface area (Å²) in [6, 6.07) is 5.80. The van der Waals surface area contributed by atoms with Gasteiger partial charge >= 0.3 is 0 Å². The zero-order chi connectivity index (χ0) is 23.9. The zero-order valence-corrected chi connectivity index (χ0v) is 20.7. The van der Waals surface area contributed by atoms with E-state index in [2.05, 4.69) is 15.6 Å². The smallest absolute Gasteiger partial charge is 0.248 e. The van der Waals surface area contributed by atoms with Crippen LogP contribution in [0.5, 0.6) is 0 Å². The summed E-state index contributed by atoms with van der Waals surface area (Å²) >= 11 is 6.85. The Labute approximate surface area is 208 Å². The van der Waals surface area contributed by atoms with Crippen LogP contribution in [0.1, 0.15) is 44.1 Å². The van der Waals surface area contributed by atoms with Gasteiger partial charge in [-0.15, -0.1) is 11.3 Å². The lowest BCUT2D eigenvalue weighted by Crippen LogP contribution is -2.59. The Morgan fingerprint density at radius 2 is 2.09 bits per heavy atom. The maximum atomic E-state index is 13.4. The Bertz CT molecular complexity index is 997. The van der Waals surface area contributed by atoms with Crippen LogP contribution in [0.2, 0.25) is 0 Å². The van der Waals surface area contributed by atoms with Crippen molar-refractivity contribution in [2.75, 3.05) is 25.0 Å². The van der Waals surface area contributed by atoms with Crippen LogP contribution in [0.25, 0.3) is 0 Å². The summed E-state index contributed by atoms with van der Waals surface area (Å²) in [5.74, 6) is -0.139. The molecule has 182 valence electrons.